The van der Waals surface area contributed by atoms with E-state index in [1.54, 1.807) is 17.1 Å². The third kappa shape index (κ3) is 2.90. The molecule has 3 aromatic rings. The van der Waals surface area contributed by atoms with Crippen LogP contribution in [-0.4, -0.2) is 37.3 Å². The number of hydrogen-bond donors (Lipinski definition) is 0. The molecule has 7 nitrogen and oxygen atoms in total. The number of carbonyl (C=O) groups is 2. The first kappa shape index (κ1) is 18.3. The van der Waals surface area contributed by atoms with Gasteiger partial charge in [-0.15, -0.1) is 0 Å². The highest BCUT2D eigenvalue weighted by atomic mass is 16.2. The van der Waals surface area contributed by atoms with Crippen LogP contribution in [0, 0.1) is 19.8 Å². The number of nitrogens with zero attached hydrogens (tertiary/aromatic N) is 5. The monoisotopic (exact) mass is 399 g/mol. The zero-order valence-electron chi connectivity index (χ0n) is 16.8. The Morgan fingerprint density at radius 1 is 1.13 bits per heavy atom. The Hall–Kier alpha value is -3.74. The number of rotatable bonds is 3. The van der Waals surface area contributed by atoms with Crippen molar-refractivity contribution < 1.29 is 9.59 Å². The molecule has 30 heavy (non-hydrogen) atoms. The average molecular weight is 399 g/mol. The molecule has 0 radical (unpaired) electrons. The van der Waals surface area contributed by atoms with E-state index in [4.69, 9.17) is 5.10 Å². The first-order chi connectivity index (χ1) is 14.5. The van der Waals surface area contributed by atoms with Crippen molar-refractivity contribution in [3.05, 3.63) is 77.3 Å². The topological polar surface area (TPSA) is 72.5 Å². The number of fused-ring (bicyclic) bond motifs is 1. The van der Waals surface area contributed by atoms with Crippen LogP contribution >= 0.6 is 0 Å². The summed E-state index contributed by atoms with van der Waals surface area (Å²) in [6.45, 7) is 4.93. The zero-order valence-corrected chi connectivity index (χ0v) is 16.8. The summed E-state index contributed by atoms with van der Waals surface area (Å²) >= 11 is 0. The van der Waals surface area contributed by atoms with Crippen molar-refractivity contribution in [3.63, 3.8) is 0 Å². The number of dihydropyridines is 1. The lowest BCUT2D eigenvalue weighted by atomic mass is 10.1. The minimum atomic E-state index is -0.847. The molecule has 1 aromatic carbocycles. The van der Waals surface area contributed by atoms with Crippen molar-refractivity contribution in [1.82, 2.24) is 19.2 Å². The summed E-state index contributed by atoms with van der Waals surface area (Å²) in [6, 6.07) is 10.2. The van der Waals surface area contributed by atoms with E-state index in [1.807, 2.05) is 33.8 Å². The van der Waals surface area contributed by atoms with Crippen molar-refractivity contribution in [2.45, 2.75) is 26.9 Å². The van der Waals surface area contributed by atoms with Gasteiger partial charge in [-0.2, -0.15) is 5.10 Å². The lowest BCUT2D eigenvalue weighted by Crippen LogP contribution is -2.36. The molecule has 2 amide bonds. The average Bonchev–Trinajstić information content (AvgIpc) is 3.43. The third-order valence-corrected chi connectivity index (χ3v) is 5.59. The minimum absolute atomic E-state index is 0.234. The van der Waals surface area contributed by atoms with E-state index in [2.05, 4.69) is 37.0 Å². The Morgan fingerprint density at radius 3 is 2.67 bits per heavy atom. The quantitative estimate of drug-likeness (QED) is 0.636. The second-order valence-corrected chi connectivity index (χ2v) is 7.71. The van der Waals surface area contributed by atoms with Crippen LogP contribution in [0.1, 0.15) is 22.4 Å². The van der Waals surface area contributed by atoms with Gasteiger partial charge < -0.3 is 9.47 Å². The summed E-state index contributed by atoms with van der Waals surface area (Å²) in [4.78, 5) is 30.4. The maximum Gasteiger partial charge on any atom is 0.262 e. The Bertz CT molecular complexity index is 1220. The highest BCUT2D eigenvalue weighted by molar-refractivity contribution is 6.07. The molecule has 0 saturated heterocycles. The number of hydrogen-bond acceptors (Lipinski definition) is 3. The van der Waals surface area contributed by atoms with Crippen LogP contribution in [0.3, 0.4) is 0 Å². The number of benzene rings is 1. The first-order valence-electron chi connectivity index (χ1n) is 9.88. The van der Waals surface area contributed by atoms with E-state index in [-0.39, 0.29) is 5.91 Å². The molecule has 2 aliphatic rings. The van der Waals surface area contributed by atoms with Crippen molar-refractivity contribution in [2.75, 3.05) is 0 Å². The van der Waals surface area contributed by atoms with E-state index < -0.39 is 11.8 Å². The lowest BCUT2D eigenvalue weighted by Gasteiger charge is -2.21. The van der Waals surface area contributed by atoms with Gasteiger partial charge in [-0.1, -0.05) is 23.8 Å². The second-order valence-electron chi connectivity index (χ2n) is 7.71. The molecule has 0 saturated carbocycles. The molecule has 1 atom stereocenters. The summed E-state index contributed by atoms with van der Waals surface area (Å²) in [7, 11) is 0. The van der Waals surface area contributed by atoms with E-state index in [9.17, 15) is 9.59 Å². The number of allylic oxidation sites excluding steroid dienone is 1. The van der Waals surface area contributed by atoms with Gasteiger partial charge in [0.25, 0.3) is 5.91 Å². The predicted octanol–water partition coefficient (Wildman–Crippen LogP) is 2.91. The van der Waals surface area contributed by atoms with E-state index in [0.717, 1.165) is 28.3 Å². The maximum absolute atomic E-state index is 13.0. The molecule has 1 unspecified atom stereocenters. The van der Waals surface area contributed by atoms with Crippen LogP contribution in [0.25, 0.3) is 11.5 Å². The molecule has 4 heterocycles. The fraction of sp³-hybridized carbons (Fsp3) is 0.217. The van der Waals surface area contributed by atoms with Gasteiger partial charge in [-0.3, -0.25) is 9.59 Å². The molecule has 0 bridgehead atoms. The van der Waals surface area contributed by atoms with Gasteiger partial charge in [0, 0.05) is 24.2 Å². The van der Waals surface area contributed by atoms with E-state index >= 15 is 0 Å². The van der Waals surface area contributed by atoms with Crippen LogP contribution in [0.4, 0.5) is 0 Å². The molecule has 0 aliphatic carbocycles. The normalized spacial score (nSPS) is 17.6. The highest BCUT2D eigenvalue weighted by Crippen LogP contribution is 2.32. The van der Waals surface area contributed by atoms with Gasteiger partial charge in [0.1, 0.15) is 11.7 Å². The fourth-order valence-corrected chi connectivity index (χ4v) is 4.13. The van der Waals surface area contributed by atoms with Crippen molar-refractivity contribution in [3.8, 4) is 11.5 Å². The molecule has 7 heteroatoms. The standard InChI is InChI=1S/C23H21N5O2/c1-15-7-8-20(16(2)12-15)28-22(26-10-3-4-11-26)18-13-27(14-19(18)25-28)23(30)17-6-5-9-24-21(17)29/h3-12,17H,13-14H2,1-2H3. The summed E-state index contributed by atoms with van der Waals surface area (Å²) in [5.74, 6) is -0.582. The summed E-state index contributed by atoms with van der Waals surface area (Å²) in [5.41, 5.74) is 5.19. The van der Waals surface area contributed by atoms with Crippen molar-refractivity contribution >= 4 is 18.0 Å². The number of amides is 2. The van der Waals surface area contributed by atoms with Gasteiger partial charge in [0.2, 0.25) is 5.91 Å². The summed E-state index contributed by atoms with van der Waals surface area (Å²) < 4.78 is 3.98. The Morgan fingerprint density at radius 2 is 1.93 bits per heavy atom. The Balaban J connectivity index is 1.54. The highest BCUT2D eigenvalue weighted by Gasteiger charge is 2.36. The number of carbonyl (C=O) groups excluding carboxylic acids is 2. The SMILES string of the molecule is Cc1ccc(-n2nc3c(c2-n2cccc2)CN(C(=O)C2C=CC=NC2=O)C3)c(C)c1. The molecular formula is C23H21N5O2. The van der Waals surface area contributed by atoms with Crippen LogP contribution in [0.5, 0.6) is 0 Å². The molecule has 150 valence electrons. The van der Waals surface area contributed by atoms with Gasteiger partial charge in [-0.05, 0) is 43.7 Å². The Kier molecular flexibility index (Phi) is 4.24. The molecule has 2 aromatic heterocycles. The number of aliphatic imine (C=N–C) groups is 1. The second kappa shape index (κ2) is 6.95. The molecule has 2 aliphatic heterocycles. The fourth-order valence-electron chi connectivity index (χ4n) is 4.13. The first-order valence-corrected chi connectivity index (χ1v) is 9.88. The van der Waals surface area contributed by atoms with Crippen LogP contribution in [0.15, 0.2) is 59.9 Å². The molecule has 0 spiro atoms. The Labute approximate surface area is 173 Å². The smallest absolute Gasteiger partial charge is 0.262 e. The minimum Gasteiger partial charge on any atom is -0.331 e. The van der Waals surface area contributed by atoms with Crippen molar-refractivity contribution in [2.24, 2.45) is 10.9 Å². The predicted molar refractivity (Wildman–Crippen MR) is 113 cm³/mol. The van der Waals surface area contributed by atoms with E-state index in [0.29, 0.717) is 13.1 Å². The molecule has 0 N–H and O–H groups in total. The van der Waals surface area contributed by atoms with Crippen molar-refractivity contribution in [1.29, 1.82) is 0 Å². The summed E-state index contributed by atoms with van der Waals surface area (Å²) in [5, 5.41) is 4.87. The zero-order chi connectivity index (χ0) is 20.8. The largest absolute Gasteiger partial charge is 0.331 e. The summed E-state index contributed by atoms with van der Waals surface area (Å²) in [6.07, 6.45) is 8.62. The molecular weight excluding hydrogens is 378 g/mol. The van der Waals surface area contributed by atoms with Gasteiger partial charge in [0.15, 0.2) is 0 Å². The molecule has 0 fully saturated rings. The maximum atomic E-state index is 13.0. The lowest BCUT2D eigenvalue weighted by molar-refractivity contribution is -0.139. The number of aryl methyl sites for hydroxylation is 2. The van der Waals surface area contributed by atoms with Crippen LogP contribution in [-0.2, 0) is 22.7 Å². The van der Waals surface area contributed by atoms with Gasteiger partial charge in [0.05, 0.1) is 24.5 Å². The van der Waals surface area contributed by atoms with E-state index in [1.165, 1.54) is 11.8 Å². The van der Waals surface area contributed by atoms with Gasteiger partial charge in [-0.25, -0.2) is 9.67 Å². The van der Waals surface area contributed by atoms with Crippen LogP contribution in [0.2, 0.25) is 0 Å². The third-order valence-electron chi connectivity index (χ3n) is 5.59. The number of aromatic nitrogens is 3. The van der Waals surface area contributed by atoms with Gasteiger partial charge >= 0.3 is 0 Å². The molecule has 5 rings (SSSR count). The van der Waals surface area contributed by atoms with Crippen LogP contribution < -0.4 is 0 Å².